The summed E-state index contributed by atoms with van der Waals surface area (Å²) in [6, 6.07) is 5.77. The maximum absolute atomic E-state index is 11.7. The van der Waals surface area contributed by atoms with Gasteiger partial charge in [-0.25, -0.2) is 4.79 Å². The minimum absolute atomic E-state index is 0.352. The third-order valence-electron chi connectivity index (χ3n) is 2.56. The van der Waals surface area contributed by atoms with E-state index in [4.69, 9.17) is 10.5 Å². The zero-order valence-electron chi connectivity index (χ0n) is 9.42. The van der Waals surface area contributed by atoms with Gasteiger partial charge in [-0.05, 0) is 28.4 Å². The van der Waals surface area contributed by atoms with Gasteiger partial charge in [0.2, 0.25) is 0 Å². The lowest BCUT2D eigenvalue weighted by Crippen LogP contribution is -2.05. The number of carbonyl (C=O) groups is 1. The van der Waals surface area contributed by atoms with E-state index in [-0.39, 0.29) is 5.97 Å². The van der Waals surface area contributed by atoms with Crippen LogP contribution in [0.25, 0.3) is 10.9 Å². The maximum atomic E-state index is 11.7. The number of para-hydroxylation sites is 1. The third kappa shape index (κ3) is 2.08. The van der Waals surface area contributed by atoms with Gasteiger partial charge in [-0.1, -0.05) is 18.2 Å². The second kappa shape index (κ2) is 4.89. The van der Waals surface area contributed by atoms with Crippen molar-refractivity contribution >= 4 is 32.8 Å². The van der Waals surface area contributed by atoms with Crippen LogP contribution >= 0.6 is 15.9 Å². The van der Waals surface area contributed by atoms with E-state index in [0.717, 1.165) is 20.9 Å². The zero-order valence-corrected chi connectivity index (χ0v) is 11.0. The molecular formula is C12H13BrN2O2. The highest BCUT2D eigenvalue weighted by Gasteiger charge is 2.17. The fourth-order valence-electron chi connectivity index (χ4n) is 1.76. The average molecular weight is 297 g/mol. The maximum Gasteiger partial charge on any atom is 0.355 e. The Balaban J connectivity index is 2.60. The second-order valence-electron chi connectivity index (χ2n) is 3.58. The van der Waals surface area contributed by atoms with Crippen molar-refractivity contribution in [3.63, 3.8) is 0 Å². The molecule has 0 atom stereocenters. The van der Waals surface area contributed by atoms with Crippen molar-refractivity contribution in [2.45, 2.75) is 13.5 Å². The number of ether oxygens (including phenoxy) is 1. The fourth-order valence-corrected chi connectivity index (χ4v) is 2.35. The zero-order chi connectivity index (χ0) is 12.4. The van der Waals surface area contributed by atoms with E-state index in [9.17, 15) is 4.79 Å². The molecule has 0 bridgehead atoms. The minimum atomic E-state index is -0.362. The number of aromatic nitrogens is 1. The van der Waals surface area contributed by atoms with Gasteiger partial charge in [0.1, 0.15) is 5.69 Å². The van der Waals surface area contributed by atoms with E-state index < -0.39 is 0 Å². The van der Waals surface area contributed by atoms with Gasteiger partial charge in [-0.2, -0.15) is 0 Å². The normalized spacial score (nSPS) is 10.8. The highest BCUT2D eigenvalue weighted by Crippen LogP contribution is 2.30. The first kappa shape index (κ1) is 12.1. The molecule has 17 heavy (non-hydrogen) atoms. The number of carbonyl (C=O) groups excluding carboxylic acids is 1. The molecule has 0 fully saturated rings. The van der Waals surface area contributed by atoms with E-state index in [1.165, 1.54) is 0 Å². The molecule has 0 aliphatic carbocycles. The quantitative estimate of drug-likeness (QED) is 0.856. The van der Waals surface area contributed by atoms with Crippen molar-refractivity contribution in [3.05, 3.63) is 33.9 Å². The number of rotatable bonds is 3. The van der Waals surface area contributed by atoms with Crippen molar-refractivity contribution in [3.8, 4) is 0 Å². The molecular weight excluding hydrogens is 284 g/mol. The van der Waals surface area contributed by atoms with Crippen molar-refractivity contribution in [1.82, 2.24) is 4.98 Å². The van der Waals surface area contributed by atoms with E-state index in [1.807, 2.05) is 18.2 Å². The van der Waals surface area contributed by atoms with Crippen LogP contribution in [0.5, 0.6) is 0 Å². The topological polar surface area (TPSA) is 68.1 Å². The van der Waals surface area contributed by atoms with E-state index in [0.29, 0.717) is 18.8 Å². The molecule has 0 saturated carbocycles. The number of aromatic amines is 1. The first-order chi connectivity index (χ1) is 8.19. The van der Waals surface area contributed by atoms with Crippen molar-refractivity contribution in [1.29, 1.82) is 0 Å². The molecule has 4 nitrogen and oxygen atoms in total. The summed E-state index contributed by atoms with van der Waals surface area (Å²) in [7, 11) is 0. The Morgan fingerprint density at radius 3 is 2.94 bits per heavy atom. The molecule has 0 unspecified atom stereocenters. The Labute approximate surface area is 107 Å². The molecule has 1 aromatic heterocycles. The summed E-state index contributed by atoms with van der Waals surface area (Å²) in [5.41, 5.74) is 7.94. The number of hydrogen-bond donors (Lipinski definition) is 2. The summed E-state index contributed by atoms with van der Waals surface area (Å²) in [4.78, 5) is 14.8. The highest BCUT2D eigenvalue weighted by atomic mass is 79.9. The van der Waals surface area contributed by atoms with Crippen LogP contribution < -0.4 is 5.73 Å². The molecule has 0 spiro atoms. The van der Waals surface area contributed by atoms with Crippen LogP contribution in [0.3, 0.4) is 0 Å². The predicted molar refractivity (Wildman–Crippen MR) is 69.8 cm³/mol. The minimum Gasteiger partial charge on any atom is -0.461 e. The number of nitrogens with one attached hydrogen (secondary N) is 1. The number of fused-ring (bicyclic) bond motifs is 1. The molecule has 0 radical (unpaired) electrons. The van der Waals surface area contributed by atoms with E-state index in [2.05, 4.69) is 20.9 Å². The molecule has 90 valence electrons. The molecule has 2 aromatic rings. The molecule has 0 aliphatic heterocycles. The first-order valence-electron chi connectivity index (χ1n) is 5.35. The lowest BCUT2D eigenvalue weighted by Gasteiger charge is -1.99. The van der Waals surface area contributed by atoms with Gasteiger partial charge >= 0.3 is 5.97 Å². The van der Waals surface area contributed by atoms with Gasteiger partial charge < -0.3 is 15.5 Å². The first-order valence-corrected chi connectivity index (χ1v) is 6.14. The van der Waals surface area contributed by atoms with Gasteiger partial charge in [-0.3, -0.25) is 0 Å². The molecule has 2 rings (SSSR count). The van der Waals surface area contributed by atoms with Crippen LogP contribution in [0, 0.1) is 0 Å². The number of benzene rings is 1. The van der Waals surface area contributed by atoms with Crippen LogP contribution in [0.1, 0.15) is 23.0 Å². The van der Waals surface area contributed by atoms with Crippen molar-refractivity contribution in [2.24, 2.45) is 5.73 Å². The second-order valence-corrected chi connectivity index (χ2v) is 4.37. The fraction of sp³-hybridized carbons (Fsp3) is 0.250. The van der Waals surface area contributed by atoms with Gasteiger partial charge in [0, 0.05) is 11.9 Å². The molecule has 3 N–H and O–H groups in total. The van der Waals surface area contributed by atoms with Crippen LogP contribution in [-0.2, 0) is 11.3 Å². The molecule has 5 heteroatoms. The van der Waals surface area contributed by atoms with Gasteiger partial charge in [0.25, 0.3) is 0 Å². The van der Waals surface area contributed by atoms with Crippen LogP contribution in [0.4, 0.5) is 0 Å². The summed E-state index contributed by atoms with van der Waals surface area (Å²) >= 11 is 3.41. The van der Waals surface area contributed by atoms with E-state index in [1.54, 1.807) is 6.92 Å². The standard InChI is InChI=1S/C12H13BrN2O2/c1-2-17-12(16)11-9(13)8-5-3-4-7(6-14)10(8)15-11/h3-5,15H,2,6,14H2,1H3. The number of H-pyrrole nitrogens is 1. The summed E-state index contributed by atoms with van der Waals surface area (Å²) in [6.45, 7) is 2.55. The summed E-state index contributed by atoms with van der Waals surface area (Å²) in [6.07, 6.45) is 0. The van der Waals surface area contributed by atoms with Crippen LogP contribution in [-0.4, -0.2) is 17.6 Å². The molecule has 0 aliphatic rings. The Kier molecular flexibility index (Phi) is 3.49. The Hall–Kier alpha value is -1.33. The van der Waals surface area contributed by atoms with Gasteiger partial charge in [0.15, 0.2) is 0 Å². The molecule has 0 amide bonds. The largest absolute Gasteiger partial charge is 0.461 e. The smallest absolute Gasteiger partial charge is 0.355 e. The Morgan fingerprint density at radius 1 is 1.53 bits per heavy atom. The summed E-state index contributed by atoms with van der Waals surface area (Å²) in [5.74, 6) is -0.362. The van der Waals surface area contributed by atoms with E-state index >= 15 is 0 Å². The van der Waals surface area contributed by atoms with Gasteiger partial charge in [-0.15, -0.1) is 0 Å². The summed E-state index contributed by atoms with van der Waals surface area (Å²) < 4.78 is 5.70. The summed E-state index contributed by atoms with van der Waals surface area (Å²) in [5, 5.41) is 0.941. The number of esters is 1. The third-order valence-corrected chi connectivity index (χ3v) is 3.38. The van der Waals surface area contributed by atoms with Crippen molar-refractivity contribution in [2.75, 3.05) is 6.61 Å². The lowest BCUT2D eigenvalue weighted by molar-refractivity contribution is 0.0519. The lowest BCUT2D eigenvalue weighted by atomic mass is 10.1. The highest BCUT2D eigenvalue weighted by molar-refractivity contribution is 9.10. The Bertz CT molecular complexity index is 563. The monoisotopic (exact) mass is 296 g/mol. The Morgan fingerprint density at radius 2 is 2.29 bits per heavy atom. The average Bonchev–Trinajstić information content (AvgIpc) is 2.67. The number of hydrogen-bond acceptors (Lipinski definition) is 3. The van der Waals surface area contributed by atoms with Crippen molar-refractivity contribution < 1.29 is 9.53 Å². The van der Waals surface area contributed by atoms with Crippen LogP contribution in [0.2, 0.25) is 0 Å². The number of nitrogens with two attached hydrogens (primary N) is 1. The molecule has 0 saturated heterocycles. The molecule has 1 heterocycles. The SMILES string of the molecule is CCOC(=O)c1[nH]c2c(CN)cccc2c1Br. The van der Waals surface area contributed by atoms with Gasteiger partial charge in [0.05, 0.1) is 16.6 Å². The molecule has 1 aromatic carbocycles. The number of halogens is 1. The van der Waals surface area contributed by atoms with Crippen LogP contribution in [0.15, 0.2) is 22.7 Å². The predicted octanol–water partition coefficient (Wildman–Crippen LogP) is 2.57.